The highest BCUT2D eigenvalue weighted by molar-refractivity contribution is 5.99. The van der Waals surface area contributed by atoms with Crippen LogP contribution in [0.1, 0.15) is 6.42 Å². The Labute approximate surface area is 122 Å². The zero-order valence-electron chi connectivity index (χ0n) is 11.6. The smallest absolute Gasteiger partial charge is 0.277 e. The second-order valence-electron chi connectivity index (χ2n) is 4.43. The molecule has 6 nitrogen and oxygen atoms in total. The number of anilines is 1. The number of aromatic nitrogens is 1. The van der Waals surface area contributed by atoms with E-state index in [1.54, 1.807) is 24.5 Å². The number of nitro groups is 1. The van der Waals surface area contributed by atoms with Crippen molar-refractivity contribution in [2.45, 2.75) is 6.42 Å². The van der Waals surface area contributed by atoms with Gasteiger partial charge < -0.3 is 10.1 Å². The zero-order valence-corrected chi connectivity index (χ0v) is 11.6. The fourth-order valence-electron chi connectivity index (χ4n) is 2.01. The van der Waals surface area contributed by atoms with E-state index >= 15 is 0 Å². The third-order valence-corrected chi connectivity index (χ3v) is 3.02. The third kappa shape index (κ3) is 3.76. The Morgan fingerprint density at radius 2 is 2.19 bits per heavy atom. The van der Waals surface area contributed by atoms with Crippen LogP contribution in [0.2, 0.25) is 0 Å². The summed E-state index contributed by atoms with van der Waals surface area (Å²) in [4.78, 5) is 14.7. The van der Waals surface area contributed by atoms with E-state index in [2.05, 4.69) is 16.9 Å². The number of hydrogen-bond donors (Lipinski definition) is 1. The molecule has 2 aromatic rings. The number of ether oxygens (including phenoxy) is 1. The number of non-ortho nitro benzene ring substituents is 1. The Bertz CT molecular complexity index is 643. The van der Waals surface area contributed by atoms with E-state index in [9.17, 15) is 10.1 Å². The van der Waals surface area contributed by atoms with Gasteiger partial charge in [0.1, 0.15) is 0 Å². The average Bonchev–Trinajstić information content (AvgIpc) is 2.50. The van der Waals surface area contributed by atoms with Crippen LogP contribution in [0.5, 0.6) is 0 Å². The standard InChI is InChI=1S/C15H17N3O3/c1-2-3-9-21-10-8-17-14-4-5-15(18(19)20)12-6-7-16-11-13(12)14/h2,4-7,11,17H,1,3,8-10H2. The summed E-state index contributed by atoms with van der Waals surface area (Å²) in [5.41, 5.74) is 0.899. The van der Waals surface area contributed by atoms with Crippen molar-refractivity contribution in [3.8, 4) is 0 Å². The number of rotatable bonds is 8. The molecule has 0 aliphatic carbocycles. The molecule has 0 unspecified atom stereocenters. The van der Waals surface area contributed by atoms with E-state index in [1.807, 2.05) is 6.08 Å². The van der Waals surface area contributed by atoms with Gasteiger partial charge in [-0.25, -0.2) is 0 Å². The van der Waals surface area contributed by atoms with Crippen molar-refractivity contribution in [1.82, 2.24) is 4.98 Å². The Morgan fingerprint density at radius 3 is 2.95 bits per heavy atom. The van der Waals surface area contributed by atoms with Gasteiger partial charge in [0, 0.05) is 36.1 Å². The van der Waals surface area contributed by atoms with Crippen LogP contribution < -0.4 is 5.32 Å². The molecule has 1 N–H and O–H groups in total. The van der Waals surface area contributed by atoms with Gasteiger partial charge >= 0.3 is 0 Å². The first-order chi connectivity index (χ1) is 10.2. The molecule has 110 valence electrons. The minimum atomic E-state index is -0.384. The lowest BCUT2D eigenvalue weighted by Gasteiger charge is -2.10. The number of hydrogen-bond acceptors (Lipinski definition) is 5. The monoisotopic (exact) mass is 287 g/mol. The second kappa shape index (κ2) is 7.35. The van der Waals surface area contributed by atoms with Crippen LogP contribution in [0.15, 0.2) is 43.2 Å². The summed E-state index contributed by atoms with van der Waals surface area (Å²) in [6, 6.07) is 4.86. The molecule has 1 aromatic heterocycles. The molecule has 0 saturated heterocycles. The zero-order chi connectivity index (χ0) is 15.1. The van der Waals surface area contributed by atoms with E-state index in [0.717, 1.165) is 17.5 Å². The highest BCUT2D eigenvalue weighted by atomic mass is 16.6. The van der Waals surface area contributed by atoms with Crippen molar-refractivity contribution in [3.63, 3.8) is 0 Å². The molecule has 0 aliphatic rings. The normalized spacial score (nSPS) is 10.5. The van der Waals surface area contributed by atoms with Gasteiger partial charge in [0.15, 0.2) is 0 Å². The lowest BCUT2D eigenvalue weighted by molar-refractivity contribution is -0.383. The van der Waals surface area contributed by atoms with Gasteiger partial charge in [-0.3, -0.25) is 15.1 Å². The van der Waals surface area contributed by atoms with Crippen LogP contribution >= 0.6 is 0 Å². The van der Waals surface area contributed by atoms with E-state index < -0.39 is 0 Å². The van der Waals surface area contributed by atoms with Gasteiger partial charge in [0.2, 0.25) is 0 Å². The van der Waals surface area contributed by atoms with Crippen LogP contribution in [0, 0.1) is 10.1 Å². The van der Waals surface area contributed by atoms with E-state index in [4.69, 9.17) is 4.74 Å². The first-order valence-electron chi connectivity index (χ1n) is 6.67. The number of nitro benzene ring substituents is 1. The number of nitrogens with one attached hydrogen (secondary N) is 1. The minimum Gasteiger partial charge on any atom is -0.382 e. The van der Waals surface area contributed by atoms with Gasteiger partial charge in [-0.1, -0.05) is 6.08 Å². The van der Waals surface area contributed by atoms with Crippen LogP contribution in [-0.2, 0) is 4.74 Å². The summed E-state index contributed by atoms with van der Waals surface area (Å²) in [5.74, 6) is 0. The molecular formula is C15H17N3O3. The van der Waals surface area contributed by atoms with Crippen LogP contribution in [-0.4, -0.2) is 29.7 Å². The van der Waals surface area contributed by atoms with Crippen molar-refractivity contribution in [3.05, 3.63) is 53.4 Å². The maximum atomic E-state index is 11.0. The molecule has 1 aromatic carbocycles. The molecule has 0 amide bonds. The fraction of sp³-hybridized carbons (Fsp3) is 0.267. The molecule has 6 heteroatoms. The molecule has 0 bridgehead atoms. The maximum absolute atomic E-state index is 11.0. The first-order valence-corrected chi connectivity index (χ1v) is 6.67. The molecule has 2 rings (SSSR count). The highest BCUT2D eigenvalue weighted by Gasteiger charge is 2.13. The Morgan fingerprint density at radius 1 is 1.33 bits per heavy atom. The van der Waals surface area contributed by atoms with Crippen LogP contribution in [0.4, 0.5) is 11.4 Å². The van der Waals surface area contributed by atoms with Gasteiger partial charge in [-0.2, -0.15) is 0 Å². The predicted octanol–water partition coefficient (Wildman–Crippen LogP) is 3.15. The Balaban J connectivity index is 2.09. The van der Waals surface area contributed by atoms with Crippen molar-refractivity contribution >= 4 is 22.1 Å². The van der Waals surface area contributed by atoms with Crippen LogP contribution in [0.25, 0.3) is 10.8 Å². The summed E-state index contributed by atoms with van der Waals surface area (Å²) in [6.45, 7) is 5.46. The topological polar surface area (TPSA) is 77.3 Å². The summed E-state index contributed by atoms with van der Waals surface area (Å²) < 4.78 is 5.41. The molecule has 0 atom stereocenters. The lowest BCUT2D eigenvalue weighted by atomic mass is 10.1. The van der Waals surface area contributed by atoms with Crippen molar-refractivity contribution in [2.24, 2.45) is 0 Å². The summed E-state index contributed by atoms with van der Waals surface area (Å²) in [7, 11) is 0. The number of pyridine rings is 1. The molecule has 0 saturated carbocycles. The van der Waals surface area contributed by atoms with Crippen LogP contribution in [0.3, 0.4) is 0 Å². The molecule has 0 spiro atoms. The summed E-state index contributed by atoms with van der Waals surface area (Å²) in [6.07, 6.45) is 5.81. The lowest BCUT2D eigenvalue weighted by Crippen LogP contribution is -2.10. The first kappa shape index (κ1) is 14.9. The average molecular weight is 287 g/mol. The van der Waals surface area contributed by atoms with Crippen molar-refractivity contribution in [1.29, 1.82) is 0 Å². The predicted molar refractivity (Wildman–Crippen MR) is 82.5 cm³/mol. The number of nitrogens with zero attached hydrogens (tertiary/aromatic N) is 2. The Hall–Kier alpha value is -2.47. The van der Waals surface area contributed by atoms with Gasteiger partial charge in [-0.15, -0.1) is 6.58 Å². The maximum Gasteiger partial charge on any atom is 0.277 e. The van der Waals surface area contributed by atoms with Gasteiger partial charge in [0.05, 0.1) is 23.5 Å². The SMILES string of the molecule is C=CCCOCCNc1ccc([N+](=O)[O-])c2ccncc12. The quantitative estimate of drug-likeness (QED) is 0.349. The largest absolute Gasteiger partial charge is 0.382 e. The molecule has 0 aliphatic heterocycles. The molecule has 0 radical (unpaired) electrons. The third-order valence-electron chi connectivity index (χ3n) is 3.02. The van der Waals surface area contributed by atoms with Crippen molar-refractivity contribution < 1.29 is 9.66 Å². The minimum absolute atomic E-state index is 0.0835. The second-order valence-corrected chi connectivity index (χ2v) is 4.43. The van der Waals surface area contributed by atoms with E-state index in [1.165, 1.54) is 6.07 Å². The molecular weight excluding hydrogens is 270 g/mol. The highest BCUT2D eigenvalue weighted by Crippen LogP contribution is 2.30. The number of benzene rings is 1. The van der Waals surface area contributed by atoms with Crippen molar-refractivity contribution in [2.75, 3.05) is 25.1 Å². The van der Waals surface area contributed by atoms with E-state index in [-0.39, 0.29) is 10.6 Å². The van der Waals surface area contributed by atoms with E-state index in [0.29, 0.717) is 25.1 Å². The summed E-state index contributed by atoms with van der Waals surface area (Å²) >= 11 is 0. The summed E-state index contributed by atoms with van der Waals surface area (Å²) in [5, 5.41) is 15.6. The molecule has 0 fully saturated rings. The molecule has 1 heterocycles. The Kier molecular flexibility index (Phi) is 5.22. The number of fused-ring (bicyclic) bond motifs is 1. The molecule has 21 heavy (non-hydrogen) atoms. The van der Waals surface area contributed by atoms with Gasteiger partial charge in [-0.05, 0) is 18.6 Å². The van der Waals surface area contributed by atoms with Gasteiger partial charge in [0.25, 0.3) is 5.69 Å². The fourth-order valence-corrected chi connectivity index (χ4v) is 2.01.